The summed E-state index contributed by atoms with van der Waals surface area (Å²) in [7, 11) is 1.49. The number of phosphoric ester groups is 1. The summed E-state index contributed by atoms with van der Waals surface area (Å²) in [6, 6.07) is -0.861. The van der Waals surface area contributed by atoms with Crippen LogP contribution in [0.15, 0.2) is 122 Å². The third-order valence-corrected chi connectivity index (χ3v) is 17.9. The monoisotopic (exact) mass is 1320 g/mol. The average Bonchev–Trinajstić information content (AvgIpc) is 2.15. The van der Waals surface area contributed by atoms with E-state index in [0.29, 0.717) is 17.4 Å². The highest BCUT2D eigenvalue weighted by Crippen LogP contribution is 2.43. The van der Waals surface area contributed by atoms with Gasteiger partial charge in [0.2, 0.25) is 5.91 Å². The maximum atomic E-state index is 13.7. The number of carbonyl (C=O) groups excluding carboxylic acids is 2. The van der Waals surface area contributed by atoms with E-state index < -0.39 is 20.0 Å². The number of nitrogens with one attached hydrogen (secondary N) is 1. The zero-order valence-electron chi connectivity index (χ0n) is 61.5. The van der Waals surface area contributed by atoms with Gasteiger partial charge in [-0.25, -0.2) is 4.57 Å². The number of allylic oxidation sites excluding steroid dienone is 19. The molecule has 0 aromatic carbocycles. The first-order chi connectivity index (χ1) is 45.4. The Hall–Kier alpha value is -3.59. The number of unbranched alkanes of at least 4 members (excludes halogenated alkanes) is 36. The molecule has 0 saturated heterocycles. The van der Waals surface area contributed by atoms with Crippen molar-refractivity contribution in [3.8, 4) is 0 Å². The third kappa shape index (κ3) is 72.5. The molecule has 0 spiro atoms. The summed E-state index contributed by atoms with van der Waals surface area (Å²) in [5.74, 6) is -0.511. The molecule has 2 N–H and O–H groups in total. The number of amides is 1. The molecule has 10 heteroatoms. The van der Waals surface area contributed by atoms with E-state index in [1.807, 2.05) is 33.3 Å². The fourth-order valence-corrected chi connectivity index (χ4v) is 11.7. The zero-order chi connectivity index (χ0) is 67.8. The third-order valence-electron chi connectivity index (χ3n) is 16.9. The molecule has 9 nitrogen and oxygen atoms in total. The lowest BCUT2D eigenvalue weighted by molar-refractivity contribution is -0.870. The predicted molar refractivity (Wildman–Crippen MR) is 406 cm³/mol. The average molecular weight is 1320 g/mol. The van der Waals surface area contributed by atoms with Crippen molar-refractivity contribution in [2.24, 2.45) is 0 Å². The van der Waals surface area contributed by atoms with Crippen molar-refractivity contribution in [1.29, 1.82) is 0 Å². The van der Waals surface area contributed by atoms with E-state index in [1.54, 1.807) is 0 Å². The lowest BCUT2D eigenvalue weighted by Crippen LogP contribution is -2.47. The predicted octanol–water partition coefficient (Wildman–Crippen LogP) is 25.3. The Kier molecular flexibility index (Phi) is 68.4. The van der Waals surface area contributed by atoms with Crippen molar-refractivity contribution in [3.63, 3.8) is 0 Å². The van der Waals surface area contributed by atoms with Crippen LogP contribution in [0.3, 0.4) is 0 Å². The van der Waals surface area contributed by atoms with Crippen molar-refractivity contribution in [2.45, 2.75) is 354 Å². The largest absolute Gasteiger partial charge is 0.472 e. The second-order valence-corrected chi connectivity index (χ2v) is 28.6. The number of likely N-dealkylation sites (N-methyl/N-ethyl adjacent to an activating group) is 1. The minimum absolute atomic E-state index is 0.0342. The van der Waals surface area contributed by atoms with E-state index >= 15 is 0 Å². The number of carbonyl (C=O) groups is 2. The maximum absolute atomic E-state index is 13.7. The van der Waals surface area contributed by atoms with Crippen molar-refractivity contribution < 1.29 is 37.3 Å². The molecule has 0 aliphatic heterocycles. The minimum Gasteiger partial charge on any atom is -0.456 e. The fourth-order valence-electron chi connectivity index (χ4n) is 11.0. The molecule has 0 aliphatic carbocycles. The van der Waals surface area contributed by atoms with Gasteiger partial charge in [0, 0.05) is 12.8 Å². The van der Waals surface area contributed by atoms with E-state index in [-0.39, 0.29) is 31.5 Å². The van der Waals surface area contributed by atoms with Crippen LogP contribution in [0, 0.1) is 0 Å². The molecule has 1 amide bonds. The van der Waals surface area contributed by atoms with E-state index in [2.05, 4.69) is 135 Å². The molecular formula is C83H148N2O7P+. The Morgan fingerprint density at radius 2 is 0.688 bits per heavy atom. The van der Waals surface area contributed by atoms with Crippen LogP contribution < -0.4 is 5.32 Å². The van der Waals surface area contributed by atoms with Gasteiger partial charge < -0.3 is 19.4 Å². The van der Waals surface area contributed by atoms with Crippen LogP contribution in [0.25, 0.3) is 0 Å². The van der Waals surface area contributed by atoms with Gasteiger partial charge in [0.15, 0.2) is 0 Å². The molecule has 0 bridgehead atoms. The number of esters is 1. The summed E-state index contributed by atoms with van der Waals surface area (Å²) in [4.78, 5) is 38.1. The summed E-state index contributed by atoms with van der Waals surface area (Å²) in [6.45, 7) is 6.90. The summed E-state index contributed by atoms with van der Waals surface area (Å²) in [6.07, 6.45) is 101. The topological polar surface area (TPSA) is 111 Å². The Balaban J connectivity index is 5.03. The molecule has 0 radical (unpaired) electrons. The lowest BCUT2D eigenvalue weighted by Gasteiger charge is -2.27. The number of hydrogen-bond acceptors (Lipinski definition) is 6. The van der Waals surface area contributed by atoms with Crippen LogP contribution in [0.2, 0.25) is 0 Å². The second-order valence-electron chi connectivity index (χ2n) is 27.1. The normalized spacial score (nSPS) is 14.1. The van der Waals surface area contributed by atoms with Gasteiger partial charge in [0.25, 0.3) is 0 Å². The smallest absolute Gasteiger partial charge is 0.456 e. The van der Waals surface area contributed by atoms with Crippen molar-refractivity contribution >= 4 is 19.7 Å². The molecule has 0 aliphatic rings. The Morgan fingerprint density at radius 1 is 0.387 bits per heavy atom. The van der Waals surface area contributed by atoms with Gasteiger partial charge in [0.05, 0.1) is 33.8 Å². The van der Waals surface area contributed by atoms with Gasteiger partial charge in [-0.3, -0.25) is 18.6 Å². The molecule has 3 atom stereocenters. The number of hydrogen-bond donors (Lipinski definition) is 2. The highest BCUT2D eigenvalue weighted by atomic mass is 31.2. The summed E-state index contributed by atoms with van der Waals surface area (Å²) in [5, 5.41) is 3.08. The number of quaternary nitrogens is 1. The van der Waals surface area contributed by atoms with Gasteiger partial charge >= 0.3 is 13.8 Å². The second kappa shape index (κ2) is 71.2. The van der Waals surface area contributed by atoms with Crippen molar-refractivity contribution in [1.82, 2.24) is 5.32 Å². The van der Waals surface area contributed by atoms with Gasteiger partial charge in [-0.05, 0) is 122 Å². The highest BCUT2D eigenvalue weighted by molar-refractivity contribution is 7.47. The molecular weight excluding hydrogens is 1170 g/mol. The first-order valence-electron chi connectivity index (χ1n) is 38.9. The molecule has 0 rings (SSSR count). The molecule has 0 aromatic rings. The Labute approximate surface area is 575 Å². The van der Waals surface area contributed by atoms with Gasteiger partial charge in [-0.15, -0.1) is 0 Å². The van der Waals surface area contributed by atoms with Crippen LogP contribution in [0.5, 0.6) is 0 Å². The van der Waals surface area contributed by atoms with E-state index in [0.717, 1.165) is 122 Å². The molecule has 0 saturated carbocycles. The Bertz CT molecular complexity index is 2010. The summed E-state index contributed by atoms with van der Waals surface area (Å²) < 4.78 is 30.9. The van der Waals surface area contributed by atoms with Crippen molar-refractivity contribution in [2.75, 3.05) is 40.9 Å². The maximum Gasteiger partial charge on any atom is 0.472 e. The van der Waals surface area contributed by atoms with Crippen LogP contribution in [-0.4, -0.2) is 74.3 Å². The molecule has 3 unspecified atom stereocenters. The SMILES string of the molecule is CC/C=C\C/C=C\C/C=C\C/C=C\C/C=C\C/C=C\CCCCCCCCCCC(=O)OC(/C=C/CCCCCCCCCCCCC)C(COP(=O)(O)OCC[N+](C)(C)C)NC(=O)CCCCCCCCCCCCCCCC/C=C\C/C=C\C/C=C\CCCCC. The summed E-state index contributed by atoms with van der Waals surface area (Å²) >= 11 is 0. The number of rotatable bonds is 70. The van der Waals surface area contributed by atoms with Crippen LogP contribution in [-0.2, 0) is 27.9 Å². The first-order valence-corrected chi connectivity index (χ1v) is 40.4. The Morgan fingerprint density at radius 3 is 1.05 bits per heavy atom. The first kappa shape index (κ1) is 89.4. The number of ether oxygens (including phenoxy) is 1. The van der Waals surface area contributed by atoms with Crippen molar-refractivity contribution in [3.05, 3.63) is 122 Å². The van der Waals surface area contributed by atoms with Gasteiger partial charge in [-0.2, -0.15) is 0 Å². The van der Waals surface area contributed by atoms with Gasteiger partial charge in [0.1, 0.15) is 19.3 Å². The van der Waals surface area contributed by atoms with Gasteiger partial charge in [-0.1, -0.05) is 329 Å². The lowest BCUT2D eigenvalue weighted by atomic mass is 10.0. The van der Waals surface area contributed by atoms with E-state index in [9.17, 15) is 19.0 Å². The number of nitrogens with zero attached hydrogens (tertiary/aromatic N) is 1. The number of phosphoric acid groups is 1. The molecule has 0 aromatic heterocycles. The molecule has 0 fully saturated rings. The summed E-state index contributed by atoms with van der Waals surface area (Å²) in [5.41, 5.74) is 0. The standard InChI is InChI=1S/C83H147N2O7P/c1-7-10-13-16-19-22-25-28-30-32-34-36-38-40-42-44-46-48-50-52-54-57-60-63-66-69-72-75-82(86)84-80(79-91-93(88,89)90-78-77-85(4,5)6)81(74-71-68-65-62-59-56-27-24-21-18-15-12-9-3)92-83(87)76-73-70-67-64-61-58-55-53-51-49-47-45-43-41-39-37-35-33-31-29-26-23-20-17-14-11-8-2/h11,14,19-20,22-23,28-31,34-37,41,43,47,49,71,74,80-81H,7-10,12-13,15-18,21,24-27,32-33,38-40,42,44-46,48,50-70,72-73,75-79H2,1-6H3,(H-,84,86,88,89)/p+1/b14-11-,22-19-,23-20-,30-28-,31-29-,36-34-,37-35-,43-41-,49-47-,74-71+. The minimum atomic E-state index is -4.47. The van der Waals surface area contributed by atoms with E-state index in [4.69, 9.17) is 13.8 Å². The molecule has 536 valence electrons. The van der Waals surface area contributed by atoms with Crippen LogP contribution in [0.4, 0.5) is 0 Å². The van der Waals surface area contributed by atoms with Crippen LogP contribution in [0.1, 0.15) is 342 Å². The molecule has 0 heterocycles. The fraction of sp³-hybridized carbons (Fsp3) is 0.735. The van der Waals surface area contributed by atoms with E-state index in [1.165, 1.54) is 186 Å². The highest BCUT2D eigenvalue weighted by Gasteiger charge is 2.30. The zero-order valence-corrected chi connectivity index (χ0v) is 62.4. The molecule has 93 heavy (non-hydrogen) atoms. The van der Waals surface area contributed by atoms with Crippen LogP contribution >= 0.6 is 7.82 Å². The quantitative estimate of drug-likeness (QED) is 0.0205.